The Kier molecular flexibility index (Phi) is 6.15. The molecule has 1 saturated heterocycles. The molecule has 0 aromatic carbocycles. The number of nitrogens with zero attached hydrogens (tertiary/aromatic N) is 1. The first kappa shape index (κ1) is 12.0. The van der Waals surface area contributed by atoms with E-state index in [0.717, 1.165) is 13.2 Å². The highest BCUT2D eigenvalue weighted by molar-refractivity contribution is 4.69. The van der Waals surface area contributed by atoms with Crippen LogP contribution in [-0.2, 0) is 4.74 Å². The fourth-order valence-electron chi connectivity index (χ4n) is 1.76. The van der Waals surface area contributed by atoms with E-state index >= 15 is 0 Å². The van der Waals surface area contributed by atoms with Crippen LogP contribution in [0.3, 0.4) is 0 Å². The van der Waals surface area contributed by atoms with Gasteiger partial charge >= 0.3 is 0 Å². The second-order valence-corrected chi connectivity index (χ2v) is 4.35. The number of nitrogens with one attached hydrogen (secondary N) is 1. The number of hydrogen-bond acceptors (Lipinski definition) is 3. The maximum absolute atomic E-state index is 5.31. The predicted molar refractivity (Wildman–Crippen MR) is 59.6 cm³/mol. The lowest BCUT2D eigenvalue weighted by Crippen LogP contribution is -2.35. The Morgan fingerprint density at radius 3 is 2.57 bits per heavy atom. The molecule has 0 saturated carbocycles. The molecule has 0 aromatic heterocycles. The van der Waals surface area contributed by atoms with Crippen LogP contribution in [0.5, 0.6) is 0 Å². The van der Waals surface area contributed by atoms with Crippen LogP contribution < -0.4 is 5.32 Å². The third-order valence-corrected chi connectivity index (χ3v) is 2.69. The zero-order valence-corrected chi connectivity index (χ0v) is 9.59. The monoisotopic (exact) mass is 200 g/mol. The molecule has 1 fully saturated rings. The van der Waals surface area contributed by atoms with Gasteiger partial charge in [-0.15, -0.1) is 0 Å². The smallest absolute Gasteiger partial charge is 0.0480 e. The number of hydrogen-bond donors (Lipinski definition) is 1. The van der Waals surface area contributed by atoms with Gasteiger partial charge in [-0.3, -0.25) is 0 Å². The maximum atomic E-state index is 5.31. The van der Waals surface area contributed by atoms with Gasteiger partial charge in [-0.1, -0.05) is 0 Å². The van der Waals surface area contributed by atoms with Gasteiger partial charge in [-0.05, 0) is 52.9 Å². The zero-order valence-electron chi connectivity index (χ0n) is 9.59. The van der Waals surface area contributed by atoms with Crippen LogP contribution in [0.4, 0.5) is 0 Å². The van der Waals surface area contributed by atoms with Crippen LogP contribution in [0, 0.1) is 0 Å². The molecule has 0 aromatic rings. The fraction of sp³-hybridized carbons (Fsp3) is 1.00. The second-order valence-electron chi connectivity index (χ2n) is 4.35. The van der Waals surface area contributed by atoms with E-state index in [2.05, 4.69) is 24.3 Å². The van der Waals surface area contributed by atoms with E-state index < -0.39 is 0 Å². The van der Waals surface area contributed by atoms with Gasteiger partial charge in [0, 0.05) is 19.3 Å². The molecule has 3 heteroatoms. The van der Waals surface area contributed by atoms with Crippen molar-refractivity contribution in [3.8, 4) is 0 Å². The molecule has 1 aliphatic heterocycles. The lowest BCUT2D eigenvalue weighted by atomic mass is 10.1. The summed E-state index contributed by atoms with van der Waals surface area (Å²) in [5, 5.41) is 3.60. The molecule has 1 rings (SSSR count). The van der Waals surface area contributed by atoms with Crippen molar-refractivity contribution < 1.29 is 4.74 Å². The second kappa shape index (κ2) is 7.21. The van der Waals surface area contributed by atoms with E-state index in [-0.39, 0.29) is 0 Å². The van der Waals surface area contributed by atoms with E-state index in [1.54, 1.807) is 0 Å². The van der Waals surface area contributed by atoms with Gasteiger partial charge < -0.3 is 15.0 Å². The number of ether oxygens (including phenoxy) is 1. The molecule has 0 amide bonds. The zero-order chi connectivity index (χ0) is 10.2. The van der Waals surface area contributed by atoms with Crippen molar-refractivity contribution in [2.24, 2.45) is 0 Å². The number of unbranched alkanes of at least 4 members (excludes halogenated alkanes) is 1. The summed E-state index contributed by atoms with van der Waals surface area (Å²) in [7, 11) is 4.26. The van der Waals surface area contributed by atoms with Crippen LogP contribution in [0.15, 0.2) is 0 Å². The Morgan fingerprint density at radius 2 is 1.93 bits per heavy atom. The van der Waals surface area contributed by atoms with E-state index in [1.807, 2.05) is 0 Å². The Bertz CT molecular complexity index is 133. The van der Waals surface area contributed by atoms with Gasteiger partial charge in [-0.2, -0.15) is 0 Å². The normalized spacial score (nSPS) is 19.1. The molecule has 0 aliphatic carbocycles. The summed E-state index contributed by atoms with van der Waals surface area (Å²) < 4.78 is 5.31. The fourth-order valence-corrected chi connectivity index (χ4v) is 1.76. The molecule has 14 heavy (non-hydrogen) atoms. The highest BCUT2D eigenvalue weighted by Crippen LogP contribution is 2.05. The van der Waals surface area contributed by atoms with Gasteiger partial charge in [-0.25, -0.2) is 0 Å². The van der Waals surface area contributed by atoms with Crippen LogP contribution in [-0.4, -0.2) is 51.3 Å². The molecule has 3 nitrogen and oxygen atoms in total. The summed E-state index contributed by atoms with van der Waals surface area (Å²) in [6, 6.07) is 0.711. The van der Waals surface area contributed by atoms with Crippen molar-refractivity contribution in [2.45, 2.75) is 31.7 Å². The first-order valence-electron chi connectivity index (χ1n) is 5.75. The Labute approximate surface area is 87.8 Å². The molecule has 0 atom stereocenters. The van der Waals surface area contributed by atoms with Crippen LogP contribution in [0.25, 0.3) is 0 Å². The van der Waals surface area contributed by atoms with E-state index in [4.69, 9.17) is 4.74 Å². The third kappa shape index (κ3) is 5.58. The molecular weight excluding hydrogens is 176 g/mol. The molecule has 1 N–H and O–H groups in total. The van der Waals surface area contributed by atoms with Gasteiger partial charge in [0.25, 0.3) is 0 Å². The summed E-state index contributed by atoms with van der Waals surface area (Å²) in [5.74, 6) is 0. The first-order valence-corrected chi connectivity index (χ1v) is 5.75. The molecule has 0 spiro atoms. The van der Waals surface area contributed by atoms with Gasteiger partial charge in [0.2, 0.25) is 0 Å². The van der Waals surface area contributed by atoms with E-state index in [1.165, 1.54) is 38.8 Å². The SMILES string of the molecule is CN(C)CCCCNC1CCOCC1. The molecule has 84 valence electrons. The molecule has 0 unspecified atom stereocenters. The van der Waals surface area contributed by atoms with Crippen LogP contribution in [0.2, 0.25) is 0 Å². The number of rotatable bonds is 6. The maximum Gasteiger partial charge on any atom is 0.0480 e. The highest BCUT2D eigenvalue weighted by atomic mass is 16.5. The van der Waals surface area contributed by atoms with E-state index in [0.29, 0.717) is 6.04 Å². The average Bonchev–Trinajstić information content (AvgIpc) is 2.18. The quantitative estimate of drug-likeness (QED) is 0.650. The van der Waals surface area contributed by atoms with Crippen molar-refractivity contribution in [1.29, 1.82) is 0 Å². The summed E-state index contributed by atoms with van der Waals surface area (Å²) >= 11 is 0. The summed E-state index contributed by atoms with van der Waals surface area (Å²) in [6.07, 6.45) is 4.96. The predicted octanol–water partition coefficient (Wildman–Crippen LogP) is 1.10. The van der Waals surface area contributed by atoms with Crippen LogP contribution in [0.1, 0.15) is 25.7 Å². The lowest BCUT2D eigenvalue weighted by molar-refractivity contribution is 0.0779. The van der Waals surface area contributed by atoms with Gasteiger partial charge in [0.1, 0.15) is 0 Å². The minimum absolute atomic E-state index is 0.711. The van der Waals surface area contributed by atoms with Crippen molar-refractivity contribution in [3.63, 3.8) is 0 Å². The summed E-state index contributed by atoms with van der Waals surface area (Å²) in [5.41, 5.74) is 0. The Morgan fingerprint density at radius 1 is 1.21 bits per heavy atom. The molecule has 1 aliphatic rings. The first-order chi connectivity index (χ1) is 6.79. The molecule has 0 bridgehead atoms. The van der Waals surface area contributed by atoms with Crippen molar-refractivity contribution in [2.75, 3.05) is 40.4 Å². The molecule has 0 radical (unpaired) electrons. The largest absolute Gasteiger partial charge is 0.381 e. The minimum atomic E-state index is 0.711. The van der Waals surface area contributed by atoms with Crippen LogP contribution >= 0.6 is 0 Å². The molecular formula is C11H24N2O. The molecule has 1 heterocycles. The topological polar surface area (TPSA) is 24.5 Å². The van der Waals surface area contributed by atoms with Crippen molar-refractivity contribution >= 4 is 0 Å². The minimum Gasteiger partial charge on any atom is -0.381 e. The van der Waals surface area contributed by atoms with E-state index in [9.17, 15) is 0 Å². The van der Waals surface area contributed by atoms with Gasteiger partial charge in [0.15, 0.2) is 0 Å². The standard InChI is InChI=1S/C11H24N2O/c1-13(2)8-4-3-7-12-11-5-9-14-10-6-11/h11-12H,3-10H2,1-2H3. The average molecular weight is 200 g/mol. The van der Waals surface area contributed by atoms with Gasteiger partial charge in [0.05, 0.1) is 0 Å². The Hall–Kier alpha value is -0.120. The van der Waals surface area contributed by atoms with Crippen molar-refractivity contribution in [1.82, 2.24) is 10.2 Å². The Balaban J connectivity index is 1.87. The van der Waals surface area contributed by atoms with Crippen molar-refractivity contribution in [3.05, 3.63) is 0 Å². The summed E-state index contributed by atoms with van der Waals surface area (Å²) in [4.78, 5) is 2.24. The lowest BCUT2D eigenvalue weighted by Gasteiger charge is -2.23. The third-order valence-electron chi connectivity index (χ3n) is 2.69. The highest BCUT2D eigenvalue weighted by Gasteiger charge is 2.11. The summed E-state index contributed by atoms with van der Waals surface area (Å²) in [6.45, 7) is 4.25.